The summed E-state index contributed by atoms with van der Waals surface area (Å²) in [5, 5.41) is 11.6. The summed E-state index contributed by atoms with van der Waals surface area (Å²) in [6, 6.07) is -0.724. The number of allylic oxidation sites excluding steroid dienone is 4. The van der Waals surface area contributed by atoms with Crippen LogP contribution in [0.1, 0.15) is 226 Å². The number of hydrogen-bond acceptors (Lipinski definition) is 7. The Morgan fingerprint density at radius 3 is 1.41 bits per heavy atom. The molecule has 0 saturated heterocycles. The van der Waals surface area contributed by atoms with Crippen LogP contribution in [-0.4, -0.2) is 75.5 Å². The fourth-order valence-electron chi connectivity index (χ4n) is 7.35. The molecule has 0 aromatic rings. The molecule has 0 aromatic carbocycles. The van der Waals surface area contributed by atoms with Gasteiger partial charge in [-0.15, -0.1) is 0 Å². The van der Waals surface area contributed by atoms with Crippen LogP contribution in [0.3, 0.4) is 0 Å². The predicted molar refractivity (Wildman–Crippen MR) is 240 cm³/mol. The number of quaternary nitrogens is 1. The largest absolute Gasteiger partial charge is 0.544 e. The van der Waals surface area contributed by atoms with Crippen molar-refractivity contribution in [3.8, 4) is 0 Å². The zero-order valence-corrected chi connectivity index (χ0v) is 38.7. The maximum absolute atomic E-state index is 12.8. The third-order valence-electron chi connectivity index (χ3n) is 11.1. The topological polar surface area (TPSA) is 102 Å². The van der Waals surface area contributed by atoms with Crippen LogP contribution in [0.15, 0.2) is 24.3 Å². The van der Waals surface area contributed by atoms with E-state index in [-0.39, 0.29) is 42.7 Å². The van der Waals surface area contributed by atoms with Gasteiger partial charge in [0.15, 0.2) is 6.10 Å². The van der Waals surface area contributed by atoms with Crippen molar-refractivity contribution in [3.05, 3.63) is 24.3 Å². The van der Waals surface area contributed by atoms with E-state index in [0.29, 0.717) is 12.8 Å². The second-order valence-electron chi connectivity index (χ2n) is 17.7. The molecule has 0 aliphatic heterocycles. The first-order chi connectivity index (χ1) is 28.1. The van der Waals surface area contributed by atoms with E-state index in [1.54, 1.807) is 21.1 Å². The molecule has 0 amide bonds. The highest BCUT2D eigenvalue weighted by molar-refractivity contribution is 5.70. The molecule has 0 spiro atoms. The van der Waals surface area contributed by atoms with E-state index in [0.717, 1.165) is 57.8 Å². The summed E-state index contributed by atoms with van der Waals surface area (Å²) in [5.41, 5.74) is 0. The molecule has 0 bridgehead atoms. The maximum Gasteiger partial charge on any atom is 0.306 e. The normalized spacial score (nSPS) is 13.1. The smallest absolute Gasteiger partial charge is 0.306 e. The lowest BCUT2D eigenvalue weighted by Crippen LogP contribution is -2.55. The highest BCUT2D eigenvalue weighted by atomic mass is 16.6. The number of esters is 2. The lowest BCUT2D eigenvalue weighted by molar-refractivity contribution is -0.889. The van der Waals surface area contributed by atoms with Gasteiger partial charge in [0.2, 0.25) is 0 Å². The van der Waals surface area contributed by atoms with Gasteiger partial charge in [0.05, 0.1) is 40.3 Å². The van der Waals surface area contributed by atoms with E-state index in [1.165, 1.54) is 135 Å². The molecule has 0 aliphatic rings. The molecule has 2 unspecified atom stereocenters. The molecular formula is C50H93NO7. The van der Waals surface area contributed by atoms with E-state index in [4.69, 9.17) is 14.2 Å². The molecular weight excluding hydrogens is 727 g/mol. The third kappa shape index (κ3) is 39.3. The first-order valence-electron chi connectivity index (χ1n) is 24.4. The number of ether oxygens (including phenoxy) is 3. The van der Waals surface area contributed by atoms with Crippen molar-refractivity contribution in [2.75, 3.05) is 41.0 Å². The Balaban J connectivity index is 4.23. The summed E-state index contributed by atoms with van der Waals surface area (Å²) in [6.07, 6.45) is 46.3. The molecule has 0 aliphatic carbocycles. The fraction of sp³-hybridized carbons (Fsp3) is 0.860. The van der Waals surface area contributed by atoms with Crippen molar-refractivity contribution in [1.29, 1.82) is 0 Å². The summed E-state index contributed by atoms with van der Waals surface area (Å²) in [5.74, 6) is -1.73. The molecule has 0 heterocycles. The van der Waals surface area contributed by atoms with Gasteiger partial charge >= 0.3 is 11.9 Å². The molecule has 58 heavy (non-hydrogen) atoms. The minimum Gasteiger partial charge on any atom is -0.544 e. The summed E-state index contributed by atoms with van der Waals surface area (Å²) < 4.78 is 17.2. The number of rotatable bonds is 44. The van der Waals surface area contributed by atoms with Gasteiger partial charge in [-0.2, -0.15) is 0 Å². The fourth-order valence-corrected chi connectivity index (χ4v) is 7.35. The molecule has 0 N–H and O–H groups in total. The second kappa shape index (κ2) is 41.5. The first-order valence-corrected chi connectivity index (χ1v) is 24.4. The van der Waals surface area contributed by atoms with Crippen molar-refractivity contribution in [2.24, 2.45) is 0 Å². The number of unbranched alkanes of at least 4 members (excludes halogenated alkanes) is 26. The summed E-state index contributed by atoms with van der Waals surface area (Å²) in [6.45, 7) is 4.58. The van der Waals surface area contributed by atoms with Gasteiger partial charge in [-0.1, -0.05) is 192 Å². The number of likely N-dealkylation sites (N-methyl/N-ethyl adjacent to an activating group) is 1. The average molecular weight is 820 g/mol. The van der Waals surface area contributed by atoms with Crippen LogP contribution in [0.2, 0.25) is 0 Å². The zero-order chi connectivity index (χ0) is 42.8. The Morgan fingerprint density at radius 1 is 0.534 bits per heavy atom. The van der Waals surface area contributed by atoms with Gasteiger partial charge in [0.25, 0.3) is 0 Å². The van der Waals surface area contributed by atoms with Crippen molar-refractivity contribution in [2.45, 2.75) is 238 Å². The Kier molecular flexibility index (Phi) is 40.0. The number of hydrogen-bond donors (Lipinski definition) is 0. The van der Waals surface area contributed by atoms with Gasteiger partial charge in [-0.25, -0.2) is 0 Å². The molecule has 0 aromatic heterocycles. The van der Waals surface area contributed by atoms with Crippen LogP contribution in [0.25, 0.3) is 0 Å². The maximum atomic E-state index is 12.8. The van der Waals surface area contributed by atoms with Crippen molar-refractivity contribution in [1.82, 2.24) is 0 Å². The van der Waals surface area contributed by atoms with E-state index in [2.05, 4.69) is 38.2 Å². The molecule has 0 radical (unpaired) electrons. The zero-order valence-electron chi connectivity index (χ0n) is 38.7. The van der Waals surface area contributed by atoms with Crippen LogP contribution >= 0.6 is 0 Å². The van der Waals surface area contributed by atoms with E-state index in [1.807, 2.05) is 0 Å². The van der Waals surface area contributed by atoms with Gasteiger partial charge in [0.1, 0.15) is 12.6 Å². The van der Waals surface area contributed by atoms with Gasteiger partial charge in [-0.3, -0.25) is 9.59 Å². The molecule has 0 saturated carbocycles. The second-order valence-corrected chi connectivity index (χ2v) is 17.7. The molecule has 8 heteroatoms. The summed E-state index contributed by atoms with van der Waals surface area (Å²) in [7, 11) is 5.42. The average Bonchev–Trinajstić information content (AvgIpc) is 3.18. The Morgan fingerprint density at radius 2 is 0.966 bits per heavy atom. The Hall–Kier alpha value is -2.19. The third-order valence-corrected chi connectivity index (χ3v) is 11.1. The highest BCUT2D eigenvalue weighted by Crippen LogP contribution is 2.16. The number of carbonyl (C=O) groups excluding carboxylic acids is 3. The van der Waals surface area contributed by atoms with Crippen LogP contribution in [-0.2, 0) is 28.6 Å². The van der Waals surface area contributed by atoms with Crippen molar-refractivity contribution >= 4 is 17.9 Å². The van der Waals surface area contributed by atoms with Crippen LogP contribution in [0.5, 0.6) is 0 Å². The molecule has 0 rings (SSSR count). The van der Waals surface area contributed by atoms with Crippen molar-refractivity contribution < 1.29 is 38.2 Å². The Bertz CT molecular complexity index is 1000. The van der Waals surface area contributed by atoms with Crippen molar-refractivity contribution in [3.63, 3.8) is 0 Å². The summed E-state index contributed by atoms with van der Waals surface area (Å²) in [4.78, 5) is 36.9. The monoisotopic (exact) mass is 820 g/mol. The van der Waals surface area contributed by atoms with E-state index in [9.17, 15) is 19.5 Å². The number of carboxylic acids is 1. The summed E-state index contributed by atoms with van der Waals surface area (Å²) >= 11 is 0. The predicted octanol–water partition coefficient (Wildman–Crippen LogP) is 12.3. The van der Waals surface area contributed by atoms with Crippen LogP contribution in [0.4, 0.5) is 0 Å². The number of nitrogens with zero attached hydrogens (tertiary/aromatic N) is 1. The molecule has 340 valence electrons. The van der Waals surface area contributed by atoms with E-state index >= 15 is 0 Å². The quantitative estimate of drug-likeness (QED) is 0.0261. The number of carbonyl (C=O) groups is 3. The lowest BCUT2D eigenvalue weighted by Gasteiger charge is -2.34. The SMILES string of the molecule is CC/C=C/C/C=C/CCCCCCCCCC(=O)OCC(COCCC(C(=O)[O-])[N+](C)(C)C)OC(=O)CCCCCCCCCCCCCCCCCCCCCC. The number of aliphatic carboxylic acids is 1. The highest BCUT2D eigenvalue weighted by Gasteiger charge is 2.25. The first kappa shape index (κ1) is 55.8. The minimum absolute atomic E-state index is 0.0425. The van der Waals surface area contributed by atoms with E-state index < -0.39 is 18.1 Å². The minimum atomic E-state index is -1.12. The van der Waals surface area contributed by atoms with Crippen LogP contribution in [0, 0.1) is 0 Å². The Labute approximate surface area is 358 Å². The van der Waals surface area contributed by atoms with Gasteiger partial charge in [0, 0.05) is 19.3 Å². The number of carboxylic acid groups (broad SMARTS) is 1. The van der Waals surface area contributed by atoms with Gasteiger partial charge in [-0.05, 0) is 38.5 Å². The lowest BCUT2D eigenvalue weighted by atomic mass is 10.0. The van der Waals surface area contributed by atoms with Crippen LogP contribution < -0.4 is 5.11 Å². The standard InChI is InChI=1S/C50H93NO7/c1-6-8-10-12-14-16-18-20-22-23-24-25-26-27-29-31-33-35-37-39-41-49(53)58-46(44-56-43-42-47(50(54)55)51(3,4)5)45-57-48(52)40-38-36-34-32-30-28-21-19-17-15-13-11-9-7-2/h9,11,15,17,46-47H,6-8,10,12-14,16,18-45H2,1-5H3/b11-9+,17-15+. The molecule has 0 fully saturated rings. The molecule has 2 atom stereocenters. The van der Waals surface area contributed by atoms with Gasteiger partial charge < -0.3 is 28.6 Å². The molecule has 8 nitrogen and oxygen atoms in total.